The van der Waals surface area contributed by atoms with Crippen molar-refractivity contribution < 1.29 is 9.59 Å². The Kier molecular flexibility index (Phi) is 7.17. The lowest BCUT2D eigenvalue weighted by Crippen LogP contribution is -2.50. The molecule has 0 aromatic heterocycles. The number of anilines is 2. The van der Waals surface area contributed by atoms with E-state index < -0.39 is 0 Å². The molecule has 1 aliphatic rings. The van der Waals surface area contributed by atoms with Gasteiger partial charge in [0.05, 0.1) is 13.1 Å². The molecular weight excluding hydrogens is 352 g/mol. The molecule has 0 spiro atoms. The predicted molar refractivity (Wildman–Crippen MR) is 112 cm³/mol. The van der Waals surface area contributed by atoms with Crippen LogP contribution in [0.2, 0.25) is 0 Å². The first-order chi connectivity index (χ1) is 13.6. The minimum atomic E-state index is -0.00596. The molecule has 2 aromatic carbocycles. The van der Waals surface area contributed by atoms with Gasteiger partial charge in [-0.15, -0.1) is 0 Å². The molecule has 1 saturated heterocycles. The van der Waals surface area contributed by atoms with Crippen molar-refractivity contribution in [3.63, 3.8) is 0 Å². The normalized spacial score (nSPS) is 15.2. The molecule has 2 N–H and O–H groups in total. The van der Waals surface area contributed by atoms with Crippen LogP contribution >= 0.6 is 0 Å². The van der Waals surface area contributed by atoms with Gasteiger partial charge in [-0.05, 0) is 30.2 Å². The molecule has 6 nitrogen and oxygen atoms in total. The molecule has 1 fully saturated rings. The van der Waals surface area contributed by atoms with Crippen LogP contribution in [0.5, 0.6) is 0 Å². The summed E-state index contributed by atoms with van der Waals surface area (Å²) < 4.78 is 0. The summed E-state index contributed by atoms with van der Waals surface area (Å²) in [6, 6.07) is 17.4. The summed E-state index contributed by atoms with van der Waals surface area (Å²) in [6.45, 7) is 5.95. The fourth-order valence-electron chi connectivity index (χ4n) is 3.37. The summed E-state index contributed by atoms with van der Waals surface area (Å²) in [5.41, 5.74) is 2.85. The molecule has 0 unspecified atom stereocenters. The van der Waals surface area contributed by atoms with Gasteiger partial charge >= 0.3 is 0 Å². The molecule has 6 heteroatoms. The van der Waals surface area contributed by atoms with Crippen LogP contribution in [-0.2, 0) is 16.0 Å². The van der Waals surface area contributed by atoms with Crippen molar-refractivity contribution in [2.24, 2.45) is 0 Å². The average molecular weight is 380 g/mol. The second-order valence-electron chi connectivity index (χ2n) is 7.03. The summed E-state index contributed by atoms with van der Waals surface area (Å²) in [5.74, 6) is 0.00439. The zero-order chi connectivity index (χ0) is 19.8. The Morgan fingerprint density at radius 2 is 1.32 bits per heavy atom. The molecule has 0 bridgehead atoms. The Labute approximate surface area is 166 Å². The van der Waals surface area contributed by atoms with E-state index in [4.69, 9.17) is 0 Å². The smallest absolute Gasteiger partial charge is 0.238 e. The second kappa shape index (κ2) is 10.0. The van der Waals surface area contributed by atoms with Crippen molar-refractivity contribution in [3.05, 3.63) is 60.2 Å². The second-order valence-corrected chi connectivity index (χ2v) is 7.03. The molecule has 0 atom stereocenters. The maximum absolute atomic E-state index is 12.4. The molecule has 3 rings (SSSR count). The van der Waals surface area contributed by atoms with Gasteiger partial charge in [-0.1, -0.05) is 43.3 Å². The Morgan fingerprint density at radius 3 is 1.93 bits per heavy atom. The van der Waals surface area contributed by atoms with Crippen LogP contribution in [0.3, 0.4) is 0 Å². The maximum Gasteiger partial charge on any atom is 0.238 e. The van der Waals surface area contributed by atoms with Crippen LogP contribution in [0.25, 0.3) is 0 Å². The van der Waals surface area contributed by atoms with Gasteiger partial charge in [0.1, 0.15) is 0 Å². The van der Waals surface area contributed by atoms with Gasteiger partial charge in [-0.2, -0.15) is 0 Å². The quantitative estimate of drug-likeness (QED) is 0.774. The van der Waals surface area contributed by atoms with Gasteiger partial charge < -0.3 is 10.6 Å². The van der Waals surface area contributed by atoms with Crippen LogP contribution in [0.1, 0.15) is 12.5 Å². The number of piperazine rings is 1. The predicted octanol–water partition coefficient (Wildman–Crippen LogP) is 2.44. The number of nitrogens with zero attached hydrogens (tertiary/aromatic N) is 2. The van der Waals surface area contributed by atoms with Gasteiger partial charge in [0, 0.05) is 37.6 Å². The fraction of sp³-hybridized carbons (Fsp3) is 0.364. The highest BCUT2D eigenvalue weighted by molar-refractivity contribution is 5.93. The summed E-state index contributed by atoms with van der Waals surface area (Å²) in [6.07, 6.45) is 0.889. The fourth-order valence-corrected chi connectivity index (χ4v) is 3.37. The van der Waals surface area contributed by atoms with Crippen LogP contribution in [0.4, 0.5) is 11.4 Å². The zero-order valence-corrected chi connectivity index (χ0v) is 16.4. The number of para-hydroxylation sites is 2. The van der Waals surface area contributed by atoms with Crippen molar-refractivity contribution in [1.82, 2.24) is 9.80 Å². The van der Waals surface area contributed by atoms with E-state index >= 15 is 0 Å². The Balaban J connectivity index is 1.40. The number of aryl methyl sites for hydroxylation is 1. The van der Waals surface area contributed by atoms with Gasteiger partial charge in [-0.25, -0.2) is 0 Å². The molecule has 0 saturated carbocycles. The Bertz CT molecular complexity index is 786. The van der Waals surface area contributed by atoms with Crippen molar-refractivity contribution in [3.8, 4) is 0 Å². The first-order valence-corrected chi connectivity index (χ1v) is 9.81. The van der Waals surface area contributed by atoms with E-state index in [1.165, 1.54) is 0 Å². The van der Waals surface area contributed by atoms with Gasteiger partial charge in [0.25, 0.3) is 0 Å². The van der Waals surface area contributed by atoms with Crippen LogP contribution in [0.15, 0.2) is 54.6 Å². The molecule has 148 valence electrons. The van der Waals surface area contributed by atoms with Gasteiger partial charge in [0.15, 0.2) is 0 Å². The van der Waals surface area contributed by atoms with Crippen molar-refractivity contribution >= 4 is 23.2 Å². The van der Waals surface area contributed by atoms with Crippen molar-refractivity contribution in [2.75, 3.05) is 49.9 Å². The van der Waals surface area contributed by atoms with E-state index in [1.807, 2.05) is 54.6 Å². The monoisotopic (exact) mass is 380 g/mol. The van der Waals surface area contributed by atoms with E-state index in [9.17, 15) is 9.59 Å². The van der Waals surface area contributed by atoms with E-state index in [0.29, 0.717) is 13.1 Å². The largest absolute Gasteiger partial charge is 0.325 e. The van der Waals surface area contributed by atoms with Crippen molar-refractivity contribution in [1.29, 1.82) is 0 Å². The number of rotatable bonds is 7. The third-order valence-electron chi connectivity index (χ3n) is 4.93. The third-order valence-corrected chi connectivity index (χ3v) is 4.93. The molecule has 1 aliphatic heterocycles. The molecule has 2 aromatic rings. The molecule has 0 radical (unpaired) electrons. The van der Waals surface area contributed by atoms with E-state index in [2.05, 4.69) is 27.4 Å². The highest BCUT2D eigenvalue weighted by Crippen LogP contribution is 2.15. The van der Waals surface area contributed by atoms with E-state index in [0.717, 1.165) is 49.5 Å². The molecule has 1 heterocycles. The zero-order valence-electron chi connectivity index (χ0n) is 16.4. The lowest BCUT2D eigenvalue weighted by atomic mass is 10.1. The Morgan fingerprint density at radius 1 is 0.786 bits per heavy atom. The summed E-state index contributed by atoms with van der Waals surface area (Å²) in [7, 11) is 0. The highest BCUT2D eigenvalue weighted by Gasteiger charge is 2.20. The lowest BCUT2D eigenvalue weighted by Gasteiger charge is -2.33. The maximum atomic E-state index is 12.4. The van der Waals surface area contributed by atoms with Crippen LogP contribution in [0, 0.1) is 0 Å². The number of benzene rings is 2. The molecular formula is C22H28N4O2. The molecule has 28 heavy (non-hydrogen) atoms. The lowest BCUT2D eigenvalue weighted by molar-refractivity contribution is -0.120. The Hall–Kier alpha value is -2.70. The summed E-state index contributed by atoms with van der Waals surface area (Å²) in [4.78, 5) is 28.8. The van der Waals surface area contributed by atoms with Crippen LogP contribution in [-0.4, -0.2) is 60.9 Å². The highest BCUT2D eigenvalue weighted by atomic mass is 16.2. The number of hydrogen-bond donors (Lipinski definition) is 2. The first kappa shape index (κ1) is 20.0. The van der Waals surface area contributed by atoms with Gasteiger partial charge in [0.2, 0.25) is 11.8 Å². The van der Waals surface area contributed by atoms with Crippen LogP contribution < -0.4 is 10.6 Å². The standard InChI is InChI=1S/C22H28N4O2/c1-2-18-8-6-7-11-20(18)24-22(28)17-26-14-12-25(13-15-26)16-21(27)23-19-9-4-3-5-10-19/h3-11H,2,12-17H2,1H3,(H,23,27)(H,24,28). The average Bonchev–Trinajstić information content (AvgIpc) is 2.70. The molecule has 0 aliphatic carbocycles. The number of nitrogens with one attached hydrogen (secondary N) is 2. The summed E-state index contributed by atoms with van der Waals surface area (Å²) in [5, 5.41) is 5.93. The first-order valence-electron chi connectivity index (χ1n) is 9.81. The minimum Gasteiger partial charge on any atom is -0.325 e. The number of carbonyl (C=O) groups is 2. The minimum absolute atomic E-state index is 0.00596. The van der Waals surface area contributed by atoms with Crippen molar-refractivity contribution in [2.45, 2.75) is 13.3 Å². The molecule has 2 amide bonds. The van der Waals surface area contributed by atoms with E-state index in [1.54, 1.807) is 0 Å². The topological polar surface area (TPSA) is 64.7 Å². The number of carbonyl (C=O) groups excluding carboxylic acids is 2. The van der Waals surface area contributed by atoms with Gasteiger partial charge in [-0.3, -0.25) is 19.4 Å². The number of amides is 2. The summed E-state index contributed by atoms with van der Waals surface area (Å²) >= 11 is 0. The SMILES string of the molecule is CCc1ccccc1NC(=O)CN1CCN(CC(=O)Nc2ccccc2)CC1. The third kappa shape index (κ3) is 5.90. The number of hydrogen-bond acceptors (Lipinski definition) is 4. The van der Waals surface area contributed by atoms with E-state index in [-0.39, 0.29) is 11.8 Å².